The van der Waals surface area contributed by atoms with Gasteiger partial charge in [0.05, 0.1) is 9.86 Å². The molecular weight excluding hydrogens is 420 g/mol. The van der Waals surface area contributed by atoms with E-state index in [4.69, 9.17) is 4.42 Å². The van der Waals surface area contributed by atoms with Crippen molar-refractivity contribution in [1.29, 1.82) is 0 Å². The third kappa shape index (κ3) is 3.43. The van der Waals surface area contributed by atoms with E-state index in [1.165, 1.54) is 0 Å². The standard InChI is InChI=1S/C19H16Br2O2/c1-2-6-17-14(9-12-7-4-3-5-8-12)18(22)15-10-13(20)11-16(21)19(15)23-17/h3-5,7-8,10-11H,2,6,9H2,1H3. The zero-order valence-corrected chi connectivity index (χ0v) is 15.9. The van der Waals surface area contributed by atoms with Crippen LogP contribution in [0.4, 0.5) is 0 Å². The molecule has 0 aliphatic carbocycles. The molecule has 0 aliphatic rings. The Morgan fingerprint density at radius 3 is 2.52 bits per heavy atom. The maximum atomic E-state index is 13.0. The molecule has 0 unspecified atom stereocenters. The van der Waals surface area contributed by atoms with Crippen LogP contribution in [0.2, 0.25) is 0 Å². The summed E-state index contributed by atoms with van der Waals surface area (Å²) in [5.41, 5.74) is 2.56. The van der Waals surface area contributed by atoms with Crippen LogP contribution < -0.4 is 5.43 Å². The van der Waals surface area contributed by atoms with Crippen LogP contribution >= 0.6 is 31.9 Å². The summed E-state index contributed by atoms with van der Waals surface area (Å²) in [6.07, 6.45) is 2.29. The summed E-state index contributed by atoms with van der Waals surface area (Å²) < 4.78 is 7.76. The molecular formula is C19H16Br2O2. The Bertz CT molecular complexity index is 899. The summed E-state index contributed by atoms with van der Waals surface area (Å²) in [5.74, 6) is 0.789. The molecule has 0 fully saturated rings. The molecule has 2 aromatic carbocycles. The van der Waals surface area contributed by atoms with Crippen LogP contribution in [0, 0.1) is 0 Å². The Morgan fingerprint density at radius 2 is 1.83 bits per heavy atom. The average molecular weight is 436 g/mol. The van der Waals surface area contributed by atoms with Crippen molar-refractivity contribution in [2.45, 2.75) is 26.2 Å². The lowest BCUT2D eigenvalue weighted by atomic mass is 10.00. The van der Waals surface area contributed by atoms with E-state index < -0.39 is 0 Å². The number of benzene rings is 2. The van der Waals surface area contributed by atoms with Crippen LogP contribution in [0.25, 0.3) is 11.0 Å². The number of aryl methyl sites for hydroxylation is 1. The molecule has 3 rings (SSSR count). The van der Waals surface area contributed by atoms with E-state index in [2.05, 4.69) is 38.8 Å². The number of hydrogen-bond acceptors (Lipinski definition) is 2. The lowest BCUT2D eigenvalue weighted by Gasteiger charge is -2.11. The van der Waals surface area contributed by atoms with Crippen LogP contribution in [-0.4, -0.2) is 0 Å². The summed E-state index contributed by atoms with van der Waals surface area (Å²) >= 11 is 6.94. The molecule has 0 aliphatic heterocycles. The average Bonchev–Trinajstić information content (AvgIpc) is 2.53. The molecule has 1 aromatic heterocycles. The van der Waals surface area contributed by atoms with Crippen molar-refractivity contribution in [2.24, 2.45) is 0 Å². The number of fused-ring (bicyclic) bond motifs is 1. The molecule has 0 spiro atoms. The van der Waals surface area contributed by atoms with Gasteiger partial charge in [-0.3, -0.25) is 4.79 Å². The summed E-state index contributed by atoms with van der Waals surface area (Å²) in [5, 5.41) is 0.608. The molecule has 1 heterocycles. The van der Waals surface area contributed by atoms with E-state index in [1.807, 2.05) is 42.5 Å². The van der Waals surface area contributed by atoms with E-state index >= 15 is 0 Å². The van der Waals surface area contributed by atoms with Crippen molar-refractivity contribution in [3.8, 4) is 0 Å². The van der Waals surface area contributed by atoms with Crippen molar-refractivity contribution in [1.82, 2.24) is 0 Å². The van der Waals surface area contributed by atoms with Gasteiger partial charge in [-0.25, -0.2) is 0 Å². The van der Waals surface area contributed by atoms with Gasteiger partial charge in [0, 0.05) is 22.9 Å². The molecule has 0 bridgehead atoms. The molecule has 23 heavy (non-hydrogen) atoms. The number of rotatable bonds is 4. The van der Waals surface area contributed by atoms with Crippen LogP contribution in [0.5, 0.6) is 0 Å². The quantitative estimate of drug-likeness (QED) is 0.513. The monoisotopic (exact) mass is 434 g/mol. The molecule has 0 saturated carbocycles. The fourth-order valence-electron chi connectivity index (χ4n) is 2.71. The first kappa shape index (κ1) is 16.5. The largest absolute Gasteiger partial charge is 0.459 e. The Morgan fingerprint density at radius 1 is 1.09 bits per heavy atom. The van der Waals surface area contributed by atoms with E-state index in [-0.39, 0.29) is 5.43 Å². The molecule has 0 atom stereocenters. The van der Waals surface area contributed by atoms with Crippen LogP contribution in [0.1, 0.15) is 30.2 Å². The highest BCUT2D eigenvalue weighted by molar-refractivity contribution is 9.11. The molecule has 0 N–H and O–H groups in total. The second-order valence-corrected chi connectivity index (χ2v) is 7.28. The second-order valence-electron chi connectivity index (χ2n) is 5.51. The van der Waals surface area contributed by atoms with Crippen molar-refractivity contribution in [3.05, 3.63) is 78.5 Å². The fraction of sp³-hybridized carbons (Fsp3) is 0.211. The number of halogens is 2. The minimum atomic E-state index is 0.0561. The van der Waals surface area contributed by atoms with E-state index in [0.29, 0.717) is 17.4 Å². The highest BCUT2D eigenvalue weighted by Gasteiger charge is 2.16. The topological polar surface area (TPSA) is 30.2 Å². The number of hydrogen-bond donors (Lipinski definition) is 0. The summed E-state index contributed by atoms with van der Waals surface area (Å²) in [6, 6.07) is 13.8. The first-order chi connectivity index (χ1) is 11.1. The lowest BCUT2D eigenvalue weighted by molar-refractivity contribution is 0.521. The first-order valence-electron chi connectivity index (χ1n) is 7.57. The van der Waals surface area contributed by atoms with Gasteiger partial charge in [-0.15, -0.1) is 0 Å². The lowest BCUT2D eigenvalue weighted by Crippen LogP contribution is -2.14. The van der Waals surface area contributed by atoms with Crippen molar-refractivity contribution in [3.63, 3.8) is 0 Å². The highest BCUT2D eigenvalue weighted by Crippen LogP contribution is 2.29. The van der Waals surface area contributed by atoms with Crippen LogP contribution in [0.3, 0.4) is 0 Å². The second kappa shape index (κ2) is 7.02. The van der Waals surface area contributed by atoms with Crippen LogP contribution in [-0.2, 0) is 12.8 Å². The molecule has 2 nitrogen and oxygen atoms in total. The fourth-order valence-corrected chi connectivity index (χ4v) is 4.02. The molecule has 4 heteroatoms. The van der Waals surface area contributed by atoms with E-state index in [1.54, 1.807) is 0 Å². The summed E-state index contributed by atoms with van der Waals surface area (Å²) in [7, 11) is 0. The summed E-state index contributed by atoms with van der Waals surface area (Å²) in [6.45, 7) is 2.09. The van der Waals surface area contributed by atoms with Gasteiger partial charge >= 0.3 is 0 Å². The smallest absolute Gasteiger partial charge is 0.196 e. The van der Waals surface area contributed by atoms with Gasteiger partial charge in [0.2, 0.25) is 0 Å². The molecule has 0 saturated heterocycles. The zero-order chi connectivity index (χ0) is 16.4. The minimum absolute atomic E-state index is 0.0561. The normalized spacial score (nSPS) is 11.1. The van der Waals surface area contributed by atoms with Gasteiger partial charge in [0.15, 0.2) is 11.0 Å². The predicted molar refractivity (Wildman–Crippen MR) is 101 cm³/mol. The van der Waals surface area contributed by atoms with Gasteiger partial charge in [0.1, 0.15) is 5.76 Å². The van der Waals surface area contributed by atoms with Crippen LogP contribution in [0.15, 0.2) is 60.6 Å². The van der Waals surface area contributed by atoms with Crippen molar-refractivity contribution >= 4 is 42.8 Å². The first-order valence-corrected chi connectivity index (χ1v) is 9.16. The zero-order valence-electron chi connectivity index (χ0n) is 12.7. The highest BCUT2D eigenvalue weighted by atomic mass is 79.9. The molecule has 3 aromatic rings. The molecule has 118 valence electrons. The van der Waals surface area contributed by atoms with Gasteiger partial charge in [0.25, 0.3) is 0 Å². The van der Waals surface area contributed by atoms with E-state index in [0.717, 1.165) is 38.7 Å². The minimum Gasteiger partial charge on any atom is -0.459 e. The predicted octanol–water partition coefficient (Wildman–Crippen LogP) is 5.86. The van der Waals surface area contributed by atoms with Gasteiger partial charge in [-0.2, -0.15) is 0 Å². The van der Waals surface area contributed by atoms with Gasteiger partial charge < -0.3 is 4.42 Å². The summed E-state index contributed by atoms with van der Waals surface area (Å²) in [4.78, 5) is 13.0. The maximum Gasteiger partial charge on any atom is 0.196 e. The van der Waals surface area contributed by atoms with Gasteiger partial charge in [-0.1, -0.05) is 53.2 Å². The SMILES string of the molecule is CCCc1oc2c(Br)cc(Br)cc2c(=O)c1Cc1ccccc1. The van der Waals surface area contributed by atoms with Crippen molar-refractivity contribution < 1.29 is 4.42 Å². The third-order valence-electron chi connectivity index (χ3n) is 3.79. The Hall–Kier alpha value is -1.39. The molecule has 0 amide bonds. The Balaban J connectivity index is 2.24. The Labute approximate surface area is 151 Å². The van der Waals surface area contributed by atoms with Gasteiger partial charge in [-0.05, 0) is 40.0 Å². The van der Waals surface area contributed by atoms with E-state index in [9.17, 15) is 4.79 Å². The van der Waals surface area contributed by atoms with Crippen molar-refractivity contribution in [2.75, 3.05) is 0 Å². The Kier molecular flexibility index (Phi) is 5.02. The maximum absolute atomic E-state index is 13.0. The third-order valence-corrected chi connectivity index (χ3v) is 4.84. The molecule has 0 radical (unpaired) electrons.